The van der Waals surface area contributed by atoms with Crippen LogP contribution >= 0.6 is 0 Å². The average molecular weight is 289 g/mol. The van der Waals surface area contributed by atoms with Crippen molar-refractivity contribution >= 4 is 0 Å². The molecule has 0 saturated heterocycles. The molecule has 0 amide bonds. The van der Waals surface area contributed by atoms with Gasteiger partial charge >= 0.3 is 0 Å². The van der Waals surface area contributed by atoms with Crippen molar-refractivity contribution in [3.63, 3.8) is 0 Å². The molecular weight excluding hydrogens is 266 g/mol. The fourth-order valence-corrected chi connectivity index (χ4v) is 1.95. The number of hydrogen-bond acceptors (Lipinski definition) is 4. The predicted molar refractivity (Wildman–Crippen MR) is 82.6 cm³/mol. The molecule has 114 valence electrons. The molecule has 0 atom stereocenters. The van der Waals surface area contributed by atoms with Gasteiger partial charge in [0.2, 0.25) is 0 Å². The highest BCUT2D eigenvalue weighted by molar-refractivity contribution is 5.39. The zero-order chi connectivity index (χ0) is 14.9. The lowest BCUT2D eigenvalue weighted by atomic mass is 10.2. The number of benzene rings is 1. The van der Waals surface area contributed by atoms with Crippen LogP contribution in [0.4, 0.5) is 0 Å². The van der Waals surface area contributed by atoms with Gasteiger partial charge in [-0.1, -0.05) is 26.0 Å². The molecule has 0 saturated carbocycles. The van der Waals surface area contributed by atoms with E-state index in [1.807, 2.05) is 30.3 Å². The highest BCUT2D eigenvalue weighted by Gasteiger charge is 2.09. The van der Waals surface area contributed by atoms with Gasteiger partial charge in [-0.3, -0.25) is 0 Å². The van der Waals surface area contributed by atoms with Gasteiger partial charge in [0.15, 0.2) is 11.5 Å². The van der Waals surface area contributed by atoms with E-state index in [-0.39, 0.29) is 0 Å². The van der Waals surface area contributed by atoms with Gasteiger partial charge in [-0.25, -0.2) is 0 Å². The highest BCUT2D eigenvalue weighted by Crippen LogP contribution is 2.27. The van der Waals surface area contributed by atoms with Gasteiger partial charge in [-0.05, 0) is 31.2 Å². The molecule has 0 unspecified atom stereocenters. The molecule has 0 aliphatic rings. The molecule has 0 aliphatic heterocycles. The number of nitrogens with one attached hydrogen (secondary N) is 1. The Bertz CT molecular complexity index is 536. The molecule has 0 spiro atoms. The fraction of sp³-hybridized carbons (Fsp3) is 0.412. The Kier molecular flexibility index (Phi) is 6.16. The molecule has 1 N–H and O–H groups in total. The van der Waals surface area contributed by atoms with Gasteiger partial charge in [-0.15, -0.1) is 0 Å². The first-order valence-electron chi connectivity index (χ1n) is 7.45. The van der Waals surface area contributed by atoms with E-state index in [9.17, 15) is 0 Å². The molecule has 0 radical (unpaired) electrons. The van der Waals surface area contributed by atoms with Crippen LogP contribution in [0.2, 0.25) is 0 Å². The summed E-state index contributed by atoms with van der Waals surface area (Å²) in [5, 5.41) is 3.25. The lowest BCUT2D eigenvalue weighted by molar-refractivity contribution is 0.260. The molecule has 0 bridgehead atoms. The van der Waals surface area contributed by atoms with Crippen LogP contribution in [0.5, 0.6) is 11.5 Å². The number of hydrogen-bond donors (Lipinski definition) is 1. The van der Waals surface area contributed by atoms with Gasteiger partial charge < -0.3 is 19.2 Å². The first-order chi connectivity index (χ1) is 10.3. The number of para-hydroxylation sites is 2. The van der Waals surface area contributed by atoms with Crippen LogP contribution in [0.3, 0.4) is 0 Å². The van der Waals surface area contributed by atoms with Crippen LogP contribution in [0.15, 0.2) is 41.0 Å². The Balaban J connectivity index is 1.98. The van der Waals surface area contributed by atoms with Crippen molar-refractivity contribution in [1.29, 1.82) is 0 Å². The summed E-state index contributed by atoms with van der Waals surface area (Å²) < 4.78 is 17.1. The summed E-state index contributed by atoms with van der Waals surface area (Å²) in [5.41, 5.74) is 1.06. The minimum Gasteiger partial charge on any atom is -0.490 e. The van der Waals surface area contributed by atoms with Gasteiger partial charge in [0, 0.05) is 5.56 Å². The van der Waals surface area contributed by atoms with Crippen molar-refractivity contribution in [2.75, 3.05) is 13.2 Å². The topological polar surface area (TPSA) is 43.6 Å². The first kappa shape index (κ1) is 15.4. The molecule has 1 heterocycles. The van der Waals surface area contributed by atoms with Gasteiger partial charge in [0.25, 0.3) is 0 Å². The number of furan rings is 1. The van der Waals surface area contributed by atoms with Gasteiger partial charge in [0.1, 0.15) is 12.4 Å². The van der Waals surface area contributed by atoms with E-state index in [1.165, 1.54) is 0 Å². The van der Waals surface area contributed by atoms with Crippen LogP contribution < -0.4 is 14.8 Å². The third kappa shape index (κ3) is 4.53. The van der Waals surface area contributed by atoms with Crippen molar-refractivity contribution in [3.05, 3.63) is 47.9 Å². The lowest BCUT2D eigenvalue weighted by Crippen LogP contribution is -2.12. The summed E-state index contributed by atoms with van der Waals surface area (Å²) in [7, 11) is 0. The standard InChI is InChI=1S/C17H23NO3/c1-3-10-19-15-7-5-6-8-16(15)21-13-14-9-11-20-17(14)12-18-4-2/h5-9,11,18H,3-4,10,12-13H2,1-2H3. The summed E-state index contributed by atoms with van der Waals surface area (Å²) in [5.74, 6) is 2.47. The minimum absolute atomic E-state index is 0.476. The molecule has 1 aromatic carbocycles. The van der Waals surface area contributed by atoms with E-state index >= 15 is 0 Å². The molecule has 2 aromatic rings. The minimum atomic E-state index is 0.476. The molecule has 0 aliphatic carbocycles. The fourth-order valence-electron chi connectivity index (χ4n) is 1.95. The normalized spacial score (nSPS) is 10.6. The van der Waals surface area contributed by atoms with Crippen LogP contribution in [-0.2, 0) is 13.2 Å². The number of rotatable bonds is 9. The van der Waals surface area contributed by atoms with E-state index in [2.05, 4.69) is 19.2 Å². The molecular formula is C17H23NO3. The van der Waals surface area contributed by atoms with E-state index in [1.54, 1.807) is 6.26 Å². The Morgan fingerprint density at radius 2 is 1.81 bits per heavy atom. The SMILES string of the molecule is CCCOc1ccccc1OCc1ccoc1CNCC. The van der Waals surface area contributed by atoms with Crippen LogP contribution in [0.1, 0.15) is 31.6 Å². The van der Waals surface area contributed by atoms with Crippen molar-refractivity contribution in [3.8, 4) is 11.5 Å². The maximum atomic E-state index is 5.89. The molecule has 1 aromatic heterocycles. The molecule has 4 nitrogen and oxygen atoms in total. The molecule has 0 fully saturated rings. The first-order valence-corrected chi connectivity index (χ1v) is 7.45. The second kappa shape index (κ2) is 8.37. The Morgan fingerprint density at radius 3 is 2.52 bits per heavy atom. The van der Waals surface area contributed by atoms with Gasteiger partial charge in [-0.2, -0.15) is 0 Å². The summed E-state index contributed by atoms with van der Waals surface area (Å²) in [6.45, 7) is 6.95. The summed E-state index contributed by atoms with van der Waals surface area (Å²) >= 11 is 0. The molecule has 2 rings (SSSR count). The third-order valence-electron chi connectivity index (χ3n) is 3.07. The second-order valence-corrected chi connectivity index (χ2v) is 4.73. The summed E-state index contributed by atoms with van der Waals surface area (Å²) in [4.78, 5) is 0. The second-order valence-electron chi connectivity index (χ2n) is 4.73. The maximum absolute atomic E-state index is 5.89. The van der Waals surface area contributed by atoms with Crippen LogP contribution in [-0.4, -0.2) is 13.2 Å². The third-order valence-corrected chi connectivity index (χ3v) is 3.07. The van der Waals surface area contributed by atoms with E-state index in [0.29, 0.717) is 13.2 Å². The zero-order valence-electron chi connectivity index (χ0n) is 12.7. The average Bonchev–Trinajstić information content (AvgIpc) is 2.97. The molecule has 4 heteroatoms. The van der Waals surface area contributed by atoms with Crippen molar-refractivity contribution in [2.45, 2.75) is 33.4 Å². The summed E-state index contributed by atoms with van der Waals surface area (Å²) in [6.07, 6.45) is 2.67. The Labute approximate surface area is 126 Å². The van der Waals surface area contributed by atoms with Gasteiger partial charge in [0.05, 0.1) is 19.4 Å². The van der Waals surface area contributed by atoms with Crippen LogP contribution in [0, 0.1) is 0 Å². The molecule has 21 heavy (non-hydrogen) atoms. The van der Waals surface area contributed by atoms with Crippen molar-refractivity contribution in [2.24, 2.45) is 0 Å². The zero-order valence-corrected chi connectivity index (χ0v) is 12.7. The van der Waals surface area contributed by atoms with E-state index < -0.39 is 0 Å². The van der Waals surface area contributed by atoms with Crippen molar-refractivity contribution in [1.82, 2.24) is 5.32 Å². The maximum Gasteiger partial charge on any atom is 0.161 e. The van der Waals surface area contributed by atoms with Crippen molar-refractivity contribution < 1.29 is 13.9 Å². The smallest absolute Gasteiger partial charge is 0.161 e. The predicted octanol–water partition coefficient (Wildman–Crippen LogP) is 3.76. The largest absolute Gasteiger partial charge is 0.490 e. The monoisotopic (exact) mass is 289 g/mol. The van der Waals surface area contributed by atoms with E-state index in [0.717, 1.165) is 42.3 Å². The lowest BCUT2D eigenvalue weighted by Gasteiger charge is -2.12. The Morgan fingerprint density at radius 1 is 1.05 bits per heavy atom. The highest BCUT2D eigenvalue weighted by atomic mass is 16.5. The van der Waals surface area contributed by atoms with Crippen LogP contribution in [0.25, 0.3) is 0 Å². The Hall–Kier alpha value is -1.94. The summed E-state index contributed by atoms with van der Waals surface area (Å²) in [6, 6.07) is 9.70. The van der Waals surface area contributed by atoms with E-state index in [4.69, 9.17) is 13.9 Å². The quantitative estimate of drug-likeness (QED) is 0.763. The number of ether oxygens (including phenoxy) is 2.